The summed E-state index contributed by atoms with van der Waals surface area (Å²) in [4.78, 5) is 12.0. The van der Waals surface area contributed by atoms with E-state index in [2.05, 4.69) is 5.32 Å². The Bertz CT molecular complexity index is 452. The van der Waals surface area contributed by atoms with Crippen LogP contribution in [0.1, 0.15) is 43.6 Å². The predicted octanol–water partition coefficient (Wildman–Crippen LogP) is 3.96. The Morgan fingerprint density at radius 3 is 2.82 bits per heavy atom. The third kappa shape index (κ3) is 1.95. The summed E-state index contributed by atoms with van der Waals surface area (Å²) in [5, 5.41) is 3.58. The highest BCUT2D eigenvalue weighted by Crippen LogP contribution is 2.42. The number of para-hydroxylation sites is 1. The summed E-state index contributed by atoms with van der Waals surface area (Å²) in [6.45, 7) is 0. The lowest BCUT2D eigenvalue weighted by molar-refractivity contribution is -0.117. The molecule has 2 aliphatic rings. The number of carbonyl (C=O) groups excluding carboxylic acids is 1. The molecule has 3 heteroatoms. The van der Waals surface area contributed by atoms with Gasteiger partial charge in [0.1, 0.15) is 0 Å². The molecule has 1 aliphatic carbocycles. The van der Waals surface area contributed by atoms with Crippen molar-refractivity contribution in [3.8, 4) is 0 Å². The van der Waals surface area contributed by atoms with Gasteiger partial charge in [-0.25, -0.2) is 0 Å². The van der Waals surface area contributed by atoms with E-state index in [9.17, 15) is 4.79 Å². The fourth-order valence-corrected chi connectivity index (χ4v) is 3.36. The number of fused-ring (bicyclic) bond motifs is 1. The molecule has 1 aliphatic heterocycles. The van der Waals surface area contributed by atoms with Gasteiger partial charge in [0.25, 0.3) is 0 Å². The summed E-state index contributed by atoms with van der Waals surface area (Å²) < 4.78 is 0. The van der Waals surface area contributed by atoms with Crippen LogP contribution in [0, 0.1) is 5.92 Å². The van der Waals surface area contributed by atoms with Gasteiger partial charge in [0.15, 0.2) is 0 Å². The lowest BCUT2D eigenvalue weighted by atomic mass is 9.89. The summed E-state index contributed by atoms with van der Waals surface area (Å²) in [5.74, 6) is 0.863. The SMILES string of the molecule is O=C1Nc2c(Cl)cccc2C1CC1CCCC1. The van der Waals surface area contributed by atoms with Crippen molar-refractivity contribution in [3.05, 3.63) is 28.8 Å². The van der Waals surface area contributed by atoms with Gasteiger partial charge in [-0.05, 0) is 24.0 Å². The number of benzene rings is 1. The molecule has 1 heterocycles. The molecule has 0 radical (unpaired) electrons. The smallest absolute Gasteiger partial charge is 0.232 e. The monoisotopic (exact) mass is 249 g/mol. The minimum absolute atomic E-state index is 0.0202. The first-order valence-electron chi connectivity index (χ1n) is 6.35. The number of nitrogens with one attached hydrogen (secondary N) is 1. The van der Waals surface area contributed by atoms with E-state index in [-0.39, 0.29) is 11.8 Å². The van der Waals surface area contributed by atoms with Crippen molar-refractivity contribution >= 4 is 23.2 Å². The first-order chi connectivity index (χ1) is 8.25. The molecule has 90 valence electrons. The van der Waals surface area contributed by atoms with E-state index < -0.39 is 0 Å². The molecule has 0 bridgehead atoms. The number of anilines is 1. The van der Waals surface area contributed by atoms with Crippen molar-refractivity contribution in [3.63, 3.8) is 0 Å². The molecule has 0 saturated heterocycles. The van der Waals surface area contributed by atoms with E-state index in [0.717, 1.165) is 23.6 Å². The maximum absolute atomic E-state index is 12.0. The average molecular weight is 250 g/mol. The summed E-state index contributed by atoms with van der Waals surface area (Å²) in [5.41, 5.74) is 1.93. The largest absolute Gasteiger partial charge is 0.324 e. The number of hydrogen-bond acceptors (Lipinski definition) is 1. The van der Waals surface area contributed by atoms with Gasteiger partial charge in [-0.15, -0.1) is 0 Å². The zero-order chi connectivity index (χ0) is 11.8. The molecular formula is C14H16ClNO. The lowest BCUT2D eigenvalue weighted by Crippen LogP contribution is -2.14. The molecular weight excluding hydrogens is 234 g/mol. The van der Waals surface area contributed by atoms with E-state index in [1.807, 2.05) is 18.2 Å². The first kappa shape index (κ1) is 11.1. The van der Waals surface area contributed by atoms with Crippen LogP contribution in [-0.2, 0) is 4.79 Å². The van der Waals surface area contributed by atoms with Crippen LogP contribution in [-0.4, -0.2) is 5.91 Å². The molecule has 1 aromatic rings. The topological polar surface area (TPSA) is 29.1 Å². The molecule has 1 fully saturated rings. The van der Waals surface area contributed by atoms with Crippen LogP contribution in [0.2, 0.25) is 5.02 Å². The molecule has 2 nitrogen and oxygen atoms in total. The predicted molar refractivity (Wildman–Crippen MR) is 69.4 cm³/mol. The van der Waals surface area contributed by atoms with Crippen molar-refractivity contribution in [2.45, 2.75) is 38.0 Å². The molecule has 1 atom stereocenters. The summed E-state index contributed by atoms with van der Waals surface area (Å²) >= 11 is 6.10. The molecule has 1 saturated carbocycles. The second-order valence-corrected chi connectivity index (χ2v) is 5.54. The summed E-state index contributed by atoms with van der Waals surface area (Å²) in [6, 6.07) is 5.79. The molecule has 1 unspecified atom stereocenters. The first-order valence-corrected chi connectivity index (χ1v) is 6.73. The van der Waals surface area contributed by atoms with Gasteiger partial charge in [-0.1, -0.05) is 49.4 Å². The van der Waals surface area contributed by atoms with Crippen molar-refractivity contribution in [1.29, 1.82) is 0 Å². The minimum atomic E-state index is 0.0202. The van der Waals surface area contributed by atoms with Gasteiger partial charge in [0.2, 0.25) is 5.91 Å². The minimum Gasteiger partial charge on any atom is -0.324 e. The lowest BCUT2D eigenvalue weighted by Gasteiger charge is -2.14. The highest BCUT2D eigenvalue weighted by molar-refractivity contribution is 6.34. The molecule has 3 rings (SSSR count). The van der Waals surface area contributed by atoms with E-state index in [1.54, 1.807) is 0 Å². The van der Waals surface area contributed by atoms with E-state index in [4.69, 9.17) is 11.6 Å². The standard InChI is InChI=1S/C14H16ClNO/c15-12-7-3-6-10-11(14(17)16-13(10)12)8-9-4-1-2-5-9/h3,6-7,9,11H,1-2,4-5,8H2,(H,16,17). The van der Waals surface area contributed by atoms with E-state index in [0.29, 0.717) is 5.02 Å². The number of hydrogen-bond donors (Lipinski definition) is 1. The molecule has 1 N–H and O–H groups in total. The maximum atomic E-state index is 12.0. The van der Waals surface area contributed by atoms with Gasteiger partial charge < -0.3 is 5.32 Å². The molecule has 1 aromatic carbocycles. The zero-order valence-corrected chi connectivity index (χ0v) is 10.5. The number of carbonyl (C=O) groups is 1. The van der Waals surface area contributed by atoms with Gasteiger partial charge in [-0.3, -0.25) is 4.79 Å². The van der Waals surface area contributed by atoms with Crippen LogP contribution in [0.15, 0.2) is 18.2 Å². The Balaban J connectivity index is 1.86. The Labute approximate surface area is 106 Å². The highest BCUT2D eigenvalue weighted by atomic mass is 35.5. The highest BCUT2D eigenvalue weighted by Gasteiger charge is 2.34. The van der Waals surface area contributed by atoms with E-state index in [1.165, 1.54) is 25.7 Å². The van der Waals surface area contributed by atoms with Gasteiger partial charge in [0.05, 0.1) is 16.6 Å². The number of halogens is 1. The average Bonchev–Trinajstić information content (AvgIpc) is 2.91. The van der Waals surface area contributed by atoms with Crippen LogP contribution < -0.4 is 5.32 Å². The summed E-state index contributed by atoms with van der Waals surface area (Å²) in [6.07, 6.45) is 6.18. The Morgan fingerprint density at radius 2 is 2.06 bits per heavy atom. The van der Waals surface area contributed by atoms with Crippen LogP contribution in [0.25, 0.3) is 0 Å². The molecule has 0 aromatic heterocycles. The van der Waals surface area contributed by atoms with Gasteiger partial charge in [-0.2, -0.15) is 0 Å². The zero-order valence-electron chi connectivity index (χ0n) is 9.71. The van der Waals surface area contributed by atoms with Crippen LogP contribution >= 0.6 is 11.6 Å². The van der Waals surface area contributed by atoms with Crippen molar-refractivity contribution < 1.29 is 4.79 Å². The number of rotatable bonds is 2. The maximum Gasteiger partial charge on any atom is 0.232 e. The molecule has 0 spiro atoms. The Hall–Kier alpha value is -1.02. The fraction of sp³-hybridized carbons (Fsp3) is 0.500. The fourth-order valence-electron chi connectivity index (χ4n) is 3.13. The number of amides is 1. The van der Waals surface area contributed by atoms with Crippen LogP contribution in [0.3, 0.4) is 0 Å². The van der Waals surface area contributed by atoms with Crippen molar-refractivity contribution in [2.75, 3.05) is 5.32 Å². The van der Waals surface area contributed by atoms with Crippen LogP contribution in [0.4, 0.5) is 5.69 Å². The third-order valence-corrected chi connectivity index (χ3v) is 4.34. The molecule has 17 heavy (non-hydrogen) atoms. The second-order valence-electron chi connectivity index (χ2n) is 5.13. The Morgan fingerprint density at radius 1 is 1.29 bits per heavy atom. The van der Waals surface area contributed by atoms with Gasteiger partial charge >= 0.3 is 0 Å². The van der Waals surface area contributed by atoms with Crippen molar-refractivity contribution in [1.82, 2.24) is 0 Å². The Kier molecular flexibility index (Phi) is 2.83. The van der Waals surface area contributed by atoms with Crippen molar-refractivity contribution in [2.24, 2.45) is 5.92 Å². The molecule has 1 amide bonds. The van der Waals surface area contributed by atoms with Gasteiger partial charge in [0, 0.05) is 0 Å². The second kappa shape index (κ2) is 4.34. The summed E-state index contributed by atoms with van der Waals surface area (Å²) in [7, 11) is 0. The normalized spacial score (nSPS) is 23.8. The third-order valence-electron chi connectivity index (χ3n) is 4.03. The quantitative estimate of drug-likeness (QED) is 0.845. The van der Waals surface area contributed by atoms with Crippen LogP contribution in [0.5, 0.6) is 0 Å². The van der Waals surface area contributed by atoms with E-state index >= 15 is 0 Å².